The molecule has 0 aliphatic heterocycles. The summed E-state index contributed by atoms with van der Waals surface area (Å²) in [6.45, 7) is 2.01. The Morgan fingerprint density at radius 1 is 1.10 bits per heavy atom. The van der Waals surface area contributed by atoms with Crippen LogP contribution in [0.15, 0.2) is 18.2 Å². The van der Waals surface area contributed by atoms with Gasteiger partial charge >= 0.3 is 5.97 Å². The van der Waals surface area contributed by atoms with E-state index in [-0.39, 0.29) is 12.2 Å². The lowest BCUT2D eigenvalue weighted by Gasteiger charge is -2.09. The van der Waals surface area contributed by atoms with E-state index in [9.17, 15) is 9.59 Å². The maximum atomic E-state index is 11.6. The monoisotopic (exact) mass is 280 g/mol. The lowest BCUT2D eigenvalue weighted by atomic mass is 10.1. The number of ketones is 1. The number of methoxy groups -OCH3 is 2. The number of aryl methyl sites for hydroxylation is 1. The molecule has 1 rings (SSSR count). The molecular formula is C15H20O5. The van der Waals surface area contributed by atoms with E-state index in [0.717, 1.165) is 5.56 Å². The Morgan fingerprint density at radius 2 is 1.80 bits per heavy atom. The summed E-state index contributed by atoms with van der Waals surface area (Å²) in [4.78, 5) is 22.8. The number of benzene rings is 1. The smallest absolute Gasteiger partial charge is 0.313 e. The molecule has 110 valence electrons. The number of esters is 1. The van der Waals surface area contributed by atoms with Crippen LogP contribution in [0.2, 0.25) is 0 Å². The van der Waals surface area contributed by atoms with Gasteiger partial charge in [-0.25, -0.2) is 0 Å². The molecule has 0 amide bonds. The van der Waals surface area contributed by atoms with Gasteiger partial charge in [0.05, 0.1) is 20.8 Å². The number of carbonyl (C=O) groups excluding carboxylic acids is 2. The molecule has 5 nitrogen and oxygen atoms in total. The van der Waals surface area contributed by atoms with Crippen molar-refractivity contribution in [2.75, 3.05) is 20.8 Å². The van der Waals surface area contributed by atoms with Gasteiger partial charge in [0.1, 0.15) is 12.2 Å². The fourth-order valence-corrected chi connectivity index (χ4v) is 1.78. The van der Waals surface area contributed by atoms with Gasteiger partial charge in [-0.2, -0.15) is 0 Å². The summed E-state index contributed by atoms with van der Waals surface area (Å²) in [7, 11) is 3.13. The third kappa shape index (κ3) is 4.91. The molecule has 1 aromatic rings. The summed E-state index contributed by atoms with van der Waals surface area (Å²) < 4.78 is 15.1. The van der Waals surface area contributed by atoms with Gasteiger partial charge in [-0.3, -0.25) is 9.59 Å². The van der Waals surface area contributed by atoms with Crippen molar-refractivity contribution in [2.45, 2.75) is 26.2 Å². The quantitative estimate of drug-likeness (QED) is 0.539. The molecule has 1 aromatic carbocycles. The molecule has 0 fully saturated rings. The van der Waals surface area contributed by atoms with Crippen molar-refractivity contribution >= 4 is 11.8 Å². The van der Waals surface area contributed by atoms with Crippen LogP contribution in [-0.2, 0) is 20.7 Å². The second-order valence-corrected chi connectivity index (χ2v) is 4.21. The van der Waals surface area contributed by atoms with Crippen LogP contribution in [0.25, 0.3) is 0 Å². The van der Waals surface area contributed by atoms with Gasteiger partial charge in [0.2, 0.25) is 0 Å². The van der Waals surface area contributed by atoms with Crippen molar-refractivity contribution in [3.8, 4) is 11.5 Å². The van der Waals surface area contributed by atoms with E-state index < -0.39 is 5.97 Å². The van der Waals surface area contributed by atoms with Crippen LogP contribution >= 0.6 is 0 Å². The van der Waals surface area contributed by atoms with Gasteiger partial charge in [0.15, 0.2) is 11.5 Å². The number of Topliss-reactive ketones (excluding diaryl/α,β-unsaturated/α-hetero) is 1. The lowest BCUT2D eigenvalue weighted by molar-refractivity contribution is -0.145. The standard InChI is InChI=1S/C15H20O5/c1-4-20-15(17)10-12(16)7-5-11-6-8-13(18-2)14(9-11)19-3/h6,8-9H,4-5,7,10H2,1-3H3. The van der Waals surface area contributed by atoms with Crippen LogP contribution in [0.5, 0.6) is 11.5 Å². The third-order valence-electron chi connectivity index (χ3n) is 2.79. The zero-order valence-electron chi connectivity index (χ0n) is 12.1. The maximum absolute atomic E-state index is 11.6. The highest BCUT2D eigenvalue weighted by atomic mass is 16.5. The van der Waals surface area contributed by atoms with E-state index in [2.05, 4.69) is 0 Å². The third-order valence-corrected chi connectivity index (χ3v) is 2.79. The molecule has 0 aliphatic carbocycles. The summed E-state index contributed by atoms with van der Waals surface area (Å²) in [6.07, 6.45) is 0.689. The van der Waals surface area contributed by atoms with Crippen LogP contribution in [0.1, 0.15) is 25.3 Å². The van der Waals surface area contributed by atoms with Crippen LogP contribution in [-0.4, -0.2) is 32.6 Å². The molecule has 20 heavy (non-hydrogen) atoms. The summed E-state index contributed by atoms with van der Waals surface area (Å²) >= 11 is 0. The van der Waals surface area contributed by atoms with Gasteiger partial charge in [0, 0.05) is 6.42 Å². The summed E-state index contributed by atoms with van der Waals surface area (Å²) in [6, 6.07) is 5.50. The van der Waals surface area contributed by atoms with Crippen LogP contribution in [0.4, 0.5) is 0 Å². The summed E-state index contributed by atoms with van der Waals surface area (Å²) in [5.41, 5.74) is 0.958. The Labute approximate surface area is 118 Å². The fraction of sp³-hybridized carbons (Fsp3) is 0.467. The zero-order valence-corrected chi connectivity index (χ0v) is 12.1. The first kappa shape index (κ1) is 16.0. The van der Waals surface area contributed by atoms with Gasteiger partial charge < -0.3 is 14.2 Å². The Balaban J connectivity index is 2.53. The average molecular weight is 280 g/mol. The van der Waals surface area contributed by atoms with Crippen molar-refractivity contribution in [1.82, 2.24) is 0 Å². The van der Waals surface area contributed by atoms with Crippen molar-refractivity contribution in [2.24, 2.45) is 0 Å². The molecule has 0 atom stereocenters. The minimum atomic E-state index is -0.468. The number of rotatable bonds is 8. The highest BCUT2D eigenvalue weighted by Gasteiger charge is 2.11. The normalized spacial score (nSPS) is 9.95. The van der Waals surface area contributed by atoms with Gasteiger partial charge in [-0.15, -0.1) is 0 Å². The second-order valence-electron chi connectivity index (χ2n) is 4.21. The lowest BCUT2D eigenvalue weighted by Crippen LogP contribution is -2.11. The highest BCUT2D eigenvalue weighted by Crippen LogP contribution is 2.27. The second kappa shape index (κ2) is 8.19. The van der Waals surface area contributed by atoms with E-state index in [1.807, 2.05) is 12.1 Å². The molecular weight excluding hydrogens is 260 g/mol. The Kier molecular flexibility index (Phi) is 6.56. The molecule has 0 saturated carbocycles. The highest BCUT2D eigenvalue weighted by molar-refractivity contribution is 5.95. The number of hydrogen-bond donors (Lipinski definition) is 0. The van der Waals surface area contributed by atoms with Gasteiger partial charge in [-0.05, 0) is 31.0 Å². The van der Waals surface area contributed by atoms with Crippen molar-refractivity contribution in [3.63, 3.8) is 0 Å². The molecule has 0 unspecified atom stereocenters. The molecule has 0 bridgehead atoms. The van der Waals surface area contributed by atoms with Crippen LogP contribution in [0.3, 0.4) is 0 Å². The Hall–Kier alpha value is -2.04. The topological polar surface area (TPSA) is 61.8 Å². The number of hydrogen-bond acceptors (Lipinski definition) is 5. The van der Waals surface area contributed by atoms with Crippen LogP contribution in [0, 0.1) is 0 Å². The average Bonchev–Trinajstić information content (AvgIpc) is 2.44. The predicted molar refractivity (Wildman–Crippen MR) is 74.1 cm³/mol. The summed E-state index contributed by atoms with van der Waals surface area (Å²) in [5.74, 6) is 0.681. The molecule has 0 radical (unpaired) electrons. The first-order chi connectivity index (χ1) is 9.60. The number of carbonyl (C=O) groups is 2. The van der Waals surface area contributed by atoms with Crippen molar-refractivity contribution in [3.05, 3.63) is 23.8 Å². The first-order valence-electron chi connectivity index (χ1n) is 6.49. The van der Waals surface area contributed by atoms with E-state index in [1.165, 1.54) is 0 Å². The molecule has 0 heterocycles. The van der Waals surface area contributed by atoms with Crippen LogP contribution < -0.4 is 9.47 Å². The Morgan fingerprint density at radius 3 is 2.40 bits per heavy atom. The SMILES string of the molecule is CCOC(=O)CC(=O)CCc1ccc(OC)c(OC)c1. The first-order valence-corrected chi connectivity index (χ1v) is 6.49. The maximum Gasteiger partial charge on any atom is 0.313 e. The van der Waals surface area contributed by atoms with E-state index >= 15 is 0 Å². The molecule has 0 N–H and O–H groups in total. The zero-order chi connectivity index (χ0) is 15.0. The van der Waals surface area contributed by atoms with Crippen molar-refractivity contribution in [1.29, 1.82) is 0 Å². The molecule has 5 heteroatoms. The van der Waals surface area contributed by atoms with Gasteiger partial charge in [-0.1, -0.05) is 6.07 Å². The van der Waals surface area contributed by atoms with E-state index in [0.29, 0.717) is 30.9 Å². The van der Waals surface area contributed by atoms with Crippen molar-refractivity contribution < 1.29 is 23.8 Å². The Bertz CT molecular complexity index is 467. The molecule has 0 aliphatic rings. The molecule has 0 spiro atoms. The van der Waals surface area contributed by atoms with E-state index in [1.54, 1.807) is 27.2 Å². The molecule has 0 saturated heterocycles. The largest absolute Gasteiger partial charge is 0.493 e. The van der Waals surface area contributed by atoms with Gasteiger partial charge in [0.25, 0.3) is 0 Å². The fourth-order valence-electron chi connectivity index (χ4n) is 1.78. The molecule has 0 aromatic heterocycles. The minimum absolute atomic E-state index is 0.127. The van der Waals surface area contributed by atoms with E-state index in [4.69, 9.17) is 14.2 Å². The minimum Gasteiger partial charge on any atom is -0.493 e. The summed E-state index contributed by atoms with van der Waals surface area (Å²) in [5, 5.41) is 0. The predicted octanol–water partition coefficient (Wildman–Crippen LogP) is 2.16. The number of ether oxygens (including phenoxy) is 3.